The molecule has 0 aliphatic heterocycles. The van der Waals surface area contributed by atoms with Gasteiger partial charge in [-0.15, -0.1) is 0 Å². The Hall–Kier alpha value is -1.91. The van der Waals surface area contributed by atoms with Crippen LogP contribution >= 0.6 is 0 Å². The van der Waals surface area contributed by atoms with E-state index in [1.807, 2.05) is 12.1 Å². The van der Waals surface area contributed by atoms with Crippen LogP contribution in [0, 0.1) is 70.1 Å². The van der Waals surface area contributed by atoms with E-state index in [9.17, 15) is 4.79 Å². The molecule has 5 saturated carbocycles. The molecular weight excluding hydrogens is 434 g/mol. The predicted molar refractivity (Wildman–Crippen MR) is 138 cm³/mol. The zero-order valence-corrected chi connectivity index (χ0v) is 21.9. The van der Waals surface area contributed by atoms with Gasteiger partial charge in [0.25, 0.3) is 0 Å². The molecule has 0 saturated heterocycles. The molecule has 35 heavy (non-hydrogen) atoms. The normalized spacial score (nSPS) is 45.4. The van der Waals surface area contributed by atoms with Crippen LogP contribution in [0.5, 0.6) is 5.75 Å². The van der Waals surface area contributed by atoms with E-state index in [0.29, 0.717) is 35.6 Å². The highest BCUT2D eigenvalue weighted by molar-refractivity contribution is 5.88. The summed E-state index contributed by atoms with van der Waals surface area (Å²) in [4.78, 5) is 13.8. The first-order chi connectivity index (χ1) is 16.9. The van der Waals surface area contributed by atoms with Crippen LogP contribution in [0.25, 0.3) is 0 Å². The minimum Gasteiger partial charge on any atom is -0.497 e. The minimum absolute atomic E-state index is 0.166. The largest absolute Gasteiger partial charge is 0.497 e. The number of hydrogen-bond donors (Lipinski definition) is 2. The van der Waals surface area contributed by atoms with Crippen molar-refractivity contribution in [2.24, 2.45) is 69.7 Å². The molecule has 0 bridgehead atoms. The van der Waals surface area contributed by atoms with Crippen LogP contribution in [0.1, 0.15) is 65.7 Å². The molecule has 5 heteroatoms. The van der Waals surface area contributed by atoms with E-state index in [0.717, 1.165) is 47.1 Å². The van der Waals surface area contributed by atoms with Crippen LogP contribution in [-0.4, -0.2) is 19.4 Å². The smallest absolute Gasteiger partial charge is 0.155 e. The molecule has 0 aromatic heterocycles. The summed E-state index contributed by atoms with van der Waals surface area (Å²) in [7, 11) is 1.61. The van der Waals surface area contributed by atoms with Gasteiger partial charge >= 0.3 is 0 Å². The van der Waals surface area contributed by atoms with Crippen LogP contribution in [-0.2, 0) is 4.79 Å². The number of nitrogens with zero attached hydrogens (tertiary/aromatic N) is 1. The van der Waals surface area contributed by atoms with Gasteiger partial charge in [0.15, 0.2) is 5.78 Å². The van der Waals surface area contributed by atoms with Crippen LogP contribution in [0.15, 0.2) is 23.3 Å². The van der Waals surface area contributed by atoms with Gasteiger partial charge in [0.05, 0.1) is 19.3 Å². The highest BCUT2D eigenvalue weighted by Gasteiger charge is 2.73. The maximum Gasteiger partial charge on any atom is 0.155 e. The van der Waals surface area contributed by atoms with Crippen molar-refractivity contribution in [3.8, 4) is 5.75 Å². The summed E-state index contributed by atoms with van der Waals surface area (Å²) >= 11 is 0. The number of hydrogen-bond acceptors (Lipinski definition) is 5. The highest BCUT2D eigenvalue weighted by Crippen LogP contribution is 2.76. The summed E-state index contributed by atoms with van der Waals surface area (Å²) in [6, 6.07) is 5.47. The molecule has 0 spiro atoms. The van der Waals surface area contributed by atoms with Crippen molar-refractivity contribution in [2.45, 2.75) is 65.7 Å². The number of carbonyl (C=O) groups excluding carboxylic acids is 1. The molecular formula is C30H43N3O2. The van der Waals surface area contributed by atoms with Gasteiger partial charge in [0.2, 0.25) is 0 Å². The van der Waals surface area contributed by atoms with Crippen molar-refractivity contribution in [3.63, 3.8) is 0 Å². The summed E-state index contributed by atoms with van der Waals surface area (Å²) in [6.07, 6.45) is 9.78. The fourth-order valence-electron chi connectivity index (χ4n) is 10.3. The second-order valence-corrected chi connectivity index (χ2v) is 13.1. The maximum absolute atomic E-state index is 13.8. The van der Waals surface area contributed by atoms with E-state index in [2.05, 4.69) is 31.2 Å². The number of nitrogens with one attached hydrogen (secondary N) is 2. The van der Waals surface area contributed by atoms with E-state index in [4.69, 9.17) is 10.3 Å². The lowest BCUT2D eigenvalue weighted by molar-refractivity contribution is -0.132. The van der Waals surface area contributed by atoms with Gasteiger partial charge in [0, 0.05) is 12.0 Å². The van der Waals surface area contributed by atoms with Crippen molar-refractivity contribution < 1.29 is 9.53 Å². The molecule has 0 amide bonds. The fraction of sp³-hybridized carbons (Fsp3) is 0.767. The van der Waals surface area contributed by atoms with E-state index >= 15 is 0 Å². The number of anilines is 1. The van der Waals surface area contributed by atoms with E-state index in [-0.39, 0.29) is 11.3 Å². The lowest BCUT2D eigenvalue weighted by atomic mass is 9.47. The SMILES string of the molecule is COc1ccc(NCC(=O)[C@H]2[C@H]3[C@@H](C)[C@H]3C3[C@@H]4CC[C@@H]5C[C@@H](C)CC[C@@H]5C4CC[C@@]32C)c(N=N)c1. The molecule has 5 aliphatic rings. The zero-order valence-electron chi connectivity index (χ0n) is 21.9. The number of methoxy groups -OCH3 is 1. The first-order valence-electron chi connectivity index (χ1n) is 14.2. The molecule has 1 aromatic carbocycles. The first kappa shape index (κ1) is 23.5. The number of ether oxygens (including phenoxy) is 1. The molecule has 0 heterocycles. The van der Waals surface area contributed by atoms with Crippen molar-refractivity contribution in [3.05, 3.63) is 18.2 Å². The second-order valence-electron chi connectivity index (χ2n) is 13.1. The van der Waals surface area contributed by atoms with Gasteiger partial charge in [-0.25, -0.2) is 5.53 Å². The zero-order chi connectivity index (χ0) is 24.5. The average molecular weight is 478 g/mol. The number of ketones is 1. The number of benzene rings is 1. The van der Waals surface area contributed by atoms with Crippen molar-refractivity contribution >= 4 is 17.2 Å². The third-order valence-corrected chi connectivity index (χ3v) is 11.7. The molecule has 2 unspecified atom stereocenters. The minimum atomic E-state index is 0.166. The van der Waals surface area contributed by atoms with Crippen LogP contribution in [0.3, 0.4) is 0 Å². The van der Waals surface area contributed by atoms with Gasteiger partial charge in [-0.2, -0.15) is 5.11 Å². The Morgan fingerprint density at radius 3 is 2.69 bits per heavy atom. The Balaban J connectivity index is 1.20. The molecule has 6 rings (SSSR count). The van der Waals surface area contributed by atoms with E-state index < -0.39 is 0 Å². The molecule has 11 atom stereocenters. The standard InChI is InChI=1S/C30H43N3O2/c1-16-5-8-20-18(13-16)6-9-22-21(20)11-12-30(3)28(22)26-17(2)27(26)29(30)25(34)15-32-23-10-7-19(35-4)14-24(23)33-31/h7,10,14,16-18,20-22,26-29,31-32H,5-6,8-9,11-13,15H2,1-4H3/t16-,17-,18+,20-,21?,22+,26+,27-,28?,29-,30-/m0/s1. The Bertz CT molecular complexity index is 1010. The van der Waals surface area contributed by atoms with Crippen molar-refractivity contribution in [1.82, 2.24) is 0 Å². The third-order valence-electron chi connectivity index (χ3n) is 11.7. The van der Waals surface area contributed by atoms with Crippen molar-refractivity contribution in [1.29, 1.82) is 5.53 Å². The fourth-order valence-corrected chi connectivity index (χ4v) is 10.3. The molecule has 2 N–H and O–H groups in total. The van der Waals surface area contributed by atoms with E-state index in [1.54, 1.807) is 13.2 Å². The molecule has 0 radical (unpaired) electrons. The summed E-state index contributed by atoms with van der Waals surface area (Å²) in [5, 5.41) is 6.99. The van der Waals surface area contributed by atoms with Gasteiger partial charge in [-0.1, -0.05) is 27.2 Å². The summed E-state index contributed by atoms with van der Waals surface area (Å²) in [5.41, 5.74) is 8.95. The van der Waals surface area contributed by atoms with Crippen LogP contribution in [0.2, 0.25) is 0 Å². The quantitative estimate of drug-likeness (QED) is 0.421. The second kappa shape index (κ2) is 8.59. The number of Topliss-reactive ketones (excluding diaryl/α,β-unsaturated/α-hetero) is 1. The van der Waals surface area contributed by atoms with Gasteiger partial charge in [0.1, 0.15) is 11.4 Å². The van der Waals surface area contributed by atoms with Crippen LogP contribution in [0.4, 0.5) is 11.4 Å². The number of rotatable bonds is 6. The molecule has 5 nitrogen and oxygen atoms in total. The average Bonchev–Trinajstić information content (AvgIpc) is 3.38. The molecule has 1 aromatic rings. The molecule has 190 valence electrons. The Morgan fingerprint density at radius 2 is 1.91 bits per heavy atom. The number of fused-ring (bicyclic) bond motifs is 7. The van der Waals surface area contributed by atoms with Gasteiger partial charge < -0.3 is 10.1 Å². The Labute approximate surface area is 210 Å². The van der Waals surface area contributed by atoms with Gasteiger partial charge in [-0.05, 0) is 109 Å². The highest BCUT2D eigenvalue weighted by atomic mass is 16.5. The monoisotopic (exact) mass is 477 g/mol. The molecule has 5 fully saturated rings. The predicted octanol–water partition coefficient (Wildman–Crippen LogP) is 7.35. The lowest BCUT2D eigenvalue weighted by Crippen LogP contribution is -2.51. The summed E-state index contributed by atoms with van der Waals surface area (Å²) in [6.45, 7) is 7.70. The van der Waals surface area contributed by atoms with Crippen LogP contribution < -0.4 is 10.1 Å². The third kappa shape index (κ3) is 3.58. The first-order valence-corrected chi connectivity index (χ1v) is 14.2. The summed E-state index contributed by atoms with van der Waals surface area (Å²) < 4.78 is 5.27. The van der Waals surface area contributed by atoms with Crippen molar-refractivity contribution in [2.75, 3.05) is 19.0 Å². The Kier molecular flexibility index (Phi) is 5.76. The Morgan fingerprint density at radius 1 is 1.11 bits per heavy atom. The van der Waals surface area contributed by atoms with Gasteiger partial charge in [-0.3, -0.25) is 4.79 Å². The number of carbonyl (C=O) groups is 1. The topological polar surface area (TPSA) is 74.5 Å². The summed E-state index contributed by atoms with van der Waals surface area (Å²) in [5.74, 6) is 8.64. The van der Waals surface area contributed by atoms with E-state index in [1.165, 1.54) is 44.9 Å². The molecule has 5 aliphatic carbocycles. The maximum atomic E-state index is 13.8. The lowest BCUT2D eigenvalue weighted by Gasteiger charge is -2.57.